The summed E-state index contributed by atoms with van der Waals surface area (Å²) in [5, 5.41) is 8.05. The van der Waals surface area contributed by atoms with E-state index in [2.05, 4.69) is 12.1 Å². The Balaban J connectivity index is 0.000000162. The summed E-state index contributed by atoms with van der Waals surface area (Å²) in [4.78, 5) is 9.76. The number of carboxylic acid groups (broad SMARTS) is 1. The quantitative estimate of drug-likeness (QED) is 0.792. The van der Waals surface area contributed by atoms with Crippen molar-refractivity contribution in [3.8, 4) is 0 Å². The average molecular weight is 207 g/mol. The molecule has 0 atom stereocenters. The highest BCUT2D eigenvalue weighted by atomic mass is 16.4. The minimum atomic E-state index is -0.630. The second-order valence-electron chi connectivity index (χ2n) is 3.64. The summed E-state index contributed by atoms with van der Waals surface area (Å²) in [7, 11) is 0. The van der Waals surface area contributed by atoms with Crippen LogP contribution in [0.15, 0.2) is 30.3 Å². The average Bonchev–Trinajstić information content (AvgIpc) is 3.04. The highest BCUT2D eigenvalue weighted by Gasteiger charge is 2.28. The molecule has 0 bridgehead atoms. The number of hydrogen-bond acceptors (Lipinski definition) is 2. The van der Waals surface area contributed by atoms with Crippen LogP contribution in [0, 0.1) is 5.92 Å². The first-order valence-corrected chi connectivity index (χ1v) is 5.21. The van der Waals surface area contributed by atoms with Crippen molar-refractivity contribution < 1.29 is 9.90 Å². The molecular weight excluding hydrogens is 190 g/mol. The third-order valence-corrected chi connectivity index (χ3v) is 2.20. The van der Waals surface area contributed by atoms with Crippen LogP contribution in [0.1, 0.15) is 18.4 Å². The Kier molecular flexibility index (Phi) is 4.84. The Hall–Kier alpha value is -1.35. The second-order valence-corrected chi connectivity index (χ2v) is 3.64. The van der Waals surface area contributed by atoms with E-state index >= 15 is 0 Å². The van der Waals surface area contributed by atoms with Crippen molar-refractivity contribution in [2.75, 3.05) is 6.54 Å². The lowest BCUT2D eigenvalue weighted by atomic mass is 10.2. The summed E-state index contributed by atoms with van der Waals surface area (Å²) in [6.07, 6.45) is 2.78. The van der Waals surface area contributed by atoms with Gasteiger partial charge in [-0.3, -0.25) is 4.79 Å². The molecule has 0 spiro atoms. The molecule has 1 saturated carbocycles. The minimum absolute atomic E-state index is 0.0185. The molecule has 3 N–H and O–H groups in total. The van der Waals surface area contributed by atoms with Gasteiger partial charge in [-0.05, 0) is 31.4 Å². The first-order valence-electron chi connectivity index (χ1n) is 5.21. The standard InChI is InChI=1S/C8H11N.C4H6O2/c9-7-6-8-4-2-1-3-5-8;5-4(6)3-1-2-3/h1-5H,6-7,9H2;3H,1-2H2,(H,5,6). The van der Waals surface area contributed by atoms with Gasteiger partial charge in [0.2, 0.25) is 0 Å². The summed E-state index contributed by atoms with van der Waals surface area (Å²) < 4.78 is 0. The highest BCUT2D eigenvalue weighted by Crippen LogP contribution is 2.28. The topological polar surface area (TPSA) is 63.3 Å². The fourth-order valence-electron chi connectivity index (χ4n) is 1.14. The molecule has 3 heteroatoms. The van der Waals surface area contributed by atoms with Crippen molar-refractivity contribution in [3.63, 3.8) is 0 Å². The molecule has 1 aromatic carbocycles. The van der Waals surface area contributed by atoms with Gasteiger partial charge in [0.15, 0.2) is 0 Å². The van der Waals surface area contributed by atoms with E-state index in [9.17, 15) is 4.79 Å². The van der Waals surface area contributed by atoms with Gasteiger partial charge in [-0.25, -0.2) is 0 Å². The zero-order chi connectivity index (χ0) is 11.1. The SMILES string of the molecule is NCCc1ccccc1.O=C(O)C1CC1. The molecule has 1 aromatic rings. The number of carboxylic acids is 1. The van der Waals surface area contributed by atoms with Crippen LogP contribution in [-0.4, -0.2) is 17.6 Å². The Morgan fingerprint density at radius 2 is 1.93 bits per heavy atom. The first-order chi connectivity index (χ1) is 7.24. The molecule has 0 saturated heterocycles. The molecule has 82 valence electrons. The Labute approximate surface area is 89.9 Å². The van der Waals surface area contributed by atoms with Gasteiger partial charge in [0.25, 0.3) is 0 Å². The van der Waals surface area contributed by atoms with Crippen LogP contribution in [0.4, 0.5) is 0 Å². The number of benzene rings is 1. The van der Waals surface area contributed by atoms with Crippen molar-refractivity contribution in [1.29, 1.82) is 0 Å². The normalized spacial score (nSPS) is 13.9. The van der Waals surface area contributed by atoms with Gasteiger partial charge >= 0.3 is 5.97 Å². The fourth-order valence-corrected chi connectivity index (χ4v) is 1.14. The molecule has 0 radical (unpaired) electrons. The summed E-state index contributed by atoms with van der Waals surface area (Å²) in [5.74, 6) is -0.611. The molecule has 0 aliphatic heterocycles. The number of aliphatic carboxylic acids is 1. The zero-order valence-corrected chi connectivity index (χ0v) is 8.73. The monoisotopic (exact) mass is 207 g/mol. The van der Waals surface area contributed by atoms with E-state index in [0.717, 1.165) is 25.8 Å². The summed E-state index contributed by atoms with van der Waals surface area (Å²) >= 11 is 0. The third kappa shape index (κ3) is 5.18. The molecule has 0 heterocycles. The smallest absolute Gasteiger partial charge is 0.306 e. The van der Waals surface area contributed by atoms with Crippen LogP contribution in [0.5, 0.6) is 0 Å². The van der Waals surface area contributed by atoms with Gasteiger partial charge in [-0.1, -0.05) is 30.3 Å². The molecule has 0 aromatic heterocycles. The van der Waals surface area contributed by atoms with Gasteiger partial charge in [0, 0.05) is 0 Å². The van der Waals surface area contributed by atoms with E-state index in [1.807, 2.05) is 18.2 Å². The molecule has 3 nitrogen and oxygen atoms in total. The lowest BCUT2D eigenvalue weighted by Gasteiger charge is -1.93. The van der Waals surface area contributed by atoms with Gasteiger partial charge in [-0.2, -0.15) is 0 Å². The Bertz CT molecular complexity index is 294. The highest BCUT2D eigenvalue weighted by molar-refractivity contribution is 5.72. The van der Waals surface area contributed by atoms with Gasteiger partial charge < -0.3 is 10.8 Å². The maximum atomic E-state index is 9.76. The minimum Gasteiger partial charge on any atom is -0.481 e. The van der Waals surface area contributed by atoms with E-state index in [1.165, 1.54) is 5.56 Å². The largest absolute Gasteiger partial charge is 0.481 e. The van der Waals surface area contributed by atoms with E-state index < -0.39 is 5.97 Å². The third-order valence-electron chi connectivity index (χ3n) is 2.20. The number of carbonyl (C=O) groups is 1. The van der Waals surface area contributed by atoms with E-state index in [4.69, 9.17) is 10.8 Å². The van der Waals surface area contributed by atoms with Crippen molar-refractivity contribution >= 4 is 5.97 Å². The second kappa shape index (κ2) is 6.19. The summed E-state index contributed by atoms with van der Waals surface area (Å²) in [6, 6.07) is 10.3. The predicted octanol–water partition coefficient (Wildman–Crippen LogP) is 1.67. The number of nitrogens with two attached hydrogens (primary N) is 1. The maximum Gasteiger partial charge on any atom is 0.306 e. The van der Waals surface area contributed by atoms with Crippen molar-refractivity contribution in [3.05, 3.63) is 35.9 Å². The molecule has 1 fully saturated rings. The van der Waals surface area contributed by atoms with E-state index in [1.54, 1.807) is 0 Å². The van der Waals surface area contributed by atoms with Crippen molar-refractivity contribution in [2.45, 2.75) is 19.3 Å². The molecule has 1 aliphatic carbocycles. The lowest BCUT2D eigenvalue weighted by Crippen LogP contribution is -2.01. The summed E-state index contributed by atoms with van der Waals surface area (Å²) in [6.45, 7) is 0.740. The first kappa shape index (κ1) is 11.7. The van der Waals surface area contributed by atoms with Crippen LogP contribution in [-0.2, 0) is 11.2 Å². The van der Waals surface area contributed by atoms with Crippen LogP contribution < -0.4 is 5.73 Å². The number of rotatable bonds is 3. The lowest BCUT2D eigenvalue weighted by molar-refractivity contribution is -0.138. The van der Waals surface area contributed by atoms with Gasteiger partial charge in [0.05, 0.1) is 5.92 Å². The molecule has 15 heavy (non-hydrogen) atoms. The zero-order valence-electron chi connectivity index (χ0n) is 8.73. The maximum absolute atomic E-state index is 9.76. The number of hydrogen-bond donors (Lipinski definition) is 2. The molecule has 1 aliphatic rings. The molecule has 0 amide bonds. The predicted molar refractivity (Wildman–Crippen MR) is 59.6 cm³/mol. The molecule has 2 rings (SSSR count). The van der Waals surface area contributed by atoms with E-state index in [0.29, 0.717) is 0 Å². The van der Waals surface area contributed by atoms with Gasteiger partial charge in [0.1, 0.15) is 0 Å². The van der Waals surface area contributed by atoms with E-state index in [-0.39, 0.29) is 5.92 Å². The van der Waals surface area contributed by atoms with Crippen LogP contribution in [0.2, 0.25) is 0 Å². The van der Waals surface area contributed by atoms with Gasteiger partial charge in [-0.15, -0.1) is 0 Å². The van der Waals surface area contributed by atoms with Crippen LogP contribution >= 0.6 is 0 Å². The Morgan fingerprint density at radius 3 is 2.27 bits per heavy atom. The van der Waals surface area contributed by atoms with Crippen LogP contribution in [0.25, 0.3) is 0 Å². The fraction of sp³-hybridized carbons (Fsp3) is 0.417. The Morgan fingerprint density at radius 1 is 1.33 bits per heavy atom. The summed E-state index contributed by atoms with van der Waals surface area (Å²) in [5.41, 5.74) is 6.68. The molecular formula is C12H17NO2. The van der Waals surface area contributed by atoms with Crippen LogP contribution in [0.3, 0.4) is 0 Å². The molecule has 0 unspecified atom stereocenters. The van der Waals surface area contributed by atoms with Crippen molar-refractivity contribution in [2.24, 2.45) is 11.7 Å². The van der Waals surface area contributed by atoms with Crippen molar-refractivity contribution in [1.82, 2.24) is 0 Å².